The average Bonchev–Trinajstić information content (AvgIpc) is 2.51. The molecule has 0 aliphatic rings. The summed E-state index contributed by atoms with van der Waals surface area (Å²) in [6, 6.07) is 7.58. The van der Waals surface area contributed by atoms with Crippen LogP contribution in [-0.2, 0) is 16.0 Å². The van der Waals surface area contributed by atoms with Gasteiger partial charge in [0, 0.05) is 18.0 Å². The lowest BCUT2D eigenvalue weighted by Gasteiger charge is -2.06. The molecule has 24 heavy (non-hydrogen) atoms. The summed E-state index contributed by atoms with van der Waals surface area (Å²) in [4.78, 5) is 15.8. The molecule has 2 aromatic rings. The van der Waals surface area contributed by atoms with Crippen molar-refractivity contribution in [1.82, 2.24) is 4.98 Å². The van der Waals surface area contributed by atoms with E-state index >= 15 is 0 Å². The van der Waals surface area contributed by atoms with Crippen molar-refractivity contribution in [3.05, 3.63) is 53.7 Å². The Balaban J connectivity index is 2.00. The molecule has 1 heterocycles. The minimum absolute atomic E-state index is 0.0173. The van der Waals surface area contributed by atoms with Crippen LogP contribution in [0.4, 0.5) is 13.2 Å². The van der Waals surface area contributed by atoms with Crippen molar-refractivity contribution in [3.8, 4) is 0 Å². The summed E-state index contributed by atoms with van der Waals surface area (Å²) in [5.41, 5.74) is -0.531. The highest BCUT2D eigenvalue weighted by atomic mass is 32.2. The molecule has 0 saturated heterocycles. The minimum atomic E-state index is -4.45. The average molecular weight is 375 g/mol. The molecule has 0 atom stereocenters. The van der Waals surface area contributed by atoms with Crippen molar-refractivity contribution < 1.29 is 26.4 Å². The molecule has 0 aliphatic heterocycles. The predicted octanol–water partition coefficient (Wildman–Crippen LogP) is 3.48. The predicted molar refractivity (Wildman–Crippen MR) is 83.8 cm³/mol. The number of nitrogens with zero attached hydrogens (tertiary/aromatic N) is 1. The number of alkyl halides is 3. The second kappa shape index (κ2) is 6.94. The molecule has 0 fully saturated rings. The van der Waals surface area contributed by atoms with E-state index in [0.717, 1.165) is 24.1 Å². The Morgan fingerprint density at radius 1 is 1.12 bits per heavy atom. The summed E-state index contributed by atoms with van der Waals surface area (Å²) < 4.78 is 60.0. The molecule has 2 rings (SSSR count). The molecule has 0 radical (unpaired) electrons. The van der Waals surface area contributed by atoms with Crippen LogP contribution in [0.3, 0.4) is 0 Å². The third-order valence-corrected chi connectivity index (χ3v) is 5.09. The second-order valence-corrected chi connectivity index (χ2v) is 7.90. The molecule has 0 amide bonds. The maximum absolute atomic E-state index is 12.4. The van der Waals surface area contributed by atoms with Gasteiger partial charge in [0.25, 0.3) is 0 Å². The number of rotatable bonds is 5. The van der Waals surface area contributed by atoms with Gasteiger partial charge in [-0.1, -0.05) is 23.9 Å². The highest BCUT2D eigenvalue weighted by molar-refractivity contribution is 7.99. The normalized spacial score (nSPS) is 12.2. The Labute approximate surface area is 141 Å². The zero-order valence-corrected chi connectivity index (χ0v) is 14.0. The van der Waals surface area contributed by atoms with E-state index in [-0.39, 0.29) is 16.4 Å². The molecule has 0 aliphatic carbocycles. The lowest BCUT2D eigenvalue weighted by molar-refractivity contribution is -0.137. The van der Waals surface area contributed by atoms with Gasteiger partial charge < -0.3 is 0 Å². The van der Waals surface area contributed by atoms with Gasteiger partial charge >= 0.3 is 6.18 Å². The number of sulfone groups is 1. The van der Waals surface area contributed by atoms with Crippen LogP contribution in [0.5, 0.6) is 0 Å². The number of aromatic nitrogens is 1. The minimum Gasteiger partial charge on any atom is -0.293 e. The van der Waals surface area contributed by atoms with Gasteiger partial charge in [0.2, 0.25) is 0 Å². The van der Waals surface area contributed by atoms with Crippen LogP contribution in [0, 0.1) is 0 Å². The van der Waals surface area contributed by atoms with Crippen LogP contribution in [0.1, 0.15) is 15.9 Å². The van der Waals surface area contributed by atoms with Crippen LogP contribution in [-0.4, -0.2) is 31.2 Å². The van der Waals surface area contributed by atoms with Crippen molar-refractivity contribution in [2.45, 2.75) is 16.1 Å². The van der Waals surface area contributed by atoms with Crippen molar-refractivity contribution in [2.75, 3.05) is 12.0 Å². The largest absolute Gasteiger partial charge is 0.417 e. The van der Waals surface area contributed by atoms with E-state index in [1.165, 1.54) is 30.3 Å². The standard InChI is InChI=1S/C15H12F3NO3S2/c1-24(21,22)12-5-2-10(3-6-12)13(20)9-23-14-7-4-11(8-19-14)15(16,17)18/h2-8H,9H2,1H3. The summed E-state index contributed by atoms with van der Waals surface area (Å²) in [5.74, 6) is -0.293. The zero-order chi connectivity index (χ0) is 18.0. The first-order valence-electron chi connectivity index (χ1n) is 6.57. The molecular formula is C15H12F3NO3S2. The number of ketones is 1. The third-order valence-electron chi connectivity index (χ3n) is 3.02. The molecule has 0 N–H and O–H groups in total. The van der Waals surface area contributed by atoms with Crippen molar-refractivity contribution >= 4 is 27.4 Å². The second-order valence-electron chi connectivity index (χ2n) is 4.89. The van der Waals surface area contributed by atoms with E-state index in [1.54, 1.807) is 0 Å². The highest BCUT2D eigenvalue weighted by Gasteiger charge is 2.30. The Morgan fingerprint density at radius 2 is 1.75 bits per heavy atom. The highest BCUT2D eigenvalue weighted by Crippen LogP contribution is 2.29. The number of pyridine rings is 1. The van der Waals surface area contributed by atoms with Gasteiger partial charge in [-0.25, -0.2) is 13.4 Å². The van der Waals surface area contributed by atoms with Gasteiger partial charge in [-0.3, -0.25) is 4.79 Å². The van der Waals surface area contributed by atoms with Gasteiger partial charge in [0.15, 0.2) is 15.6 Å². The van der Waals surface area contributed by atoms with E-state index in [9.17, 15) is 26.4 Å². The number of halogens is 3. The van der Waals surface area contributed by atoms with E-state index in [0.29, 0.717) is 16.8 Å². The molecule has 9 heteroatoms. The first-order chi connectivity index (χ1) is 11.1. The maximum atomic E-state index is 12.4. The maximum Gasteiger partial charge on any atom is 0.417 e. The van der Waals surface area contributed by atoms with Gasteiger partial charge in [0.1, 0.15) is 0 Å². The Morgan fingerprint density at radius 3 is 2.21 bits per heavy atom. The van der Waals surface area contributed by atoms with Crippen LogP contribution in [0.25, 0.3) is 0 Å². The first-order valence-corrected chi connectivity index (χ1v) is 9.44. The van der Waals surface area contributed by atoms with E-state index in [1.807, 2.05) is 0 Å². The summed E-state index contributed by atoms with van der Waals surface area (Å²) in [6.45, 7) is 0. The van der Waals surface area contributed by atoms with Crippen LogP contribution >= 0.6 is 11.8 Å². The number of benzene rings is 1. The van der Waals surface area contributed by atoms with Gasteiger partial charge in [-0.05, 0) is 24.3 Å². The van der Waals surface area contributed by atoms with E-state index in [4.69, 9.17) is 0 Å². The number of hydrogen-bond acceptors (Lipinski definition) is 5. The topological polar surface area (TPSA) is 64.1 Å². The quantitative estimate of drug-likeness (QED) is 0.591. The summed E-state index contributed by atoms with van der Waals surface area (Å²) >= 11 is 1.01. The summed E-state index contributed by atoms with van der Waals surface area (Å²) in [5, 5.41) is 0.295. The molecule has 0 bridgehead atoms. The Hall–Kier alpha value is -1.87. The van der Waals surface area contributed by atoms with Gasteiger partial charge in [0.05, 0.1) is 21.2 Å². The molecule has 1 aromatic heterocycles. The zero-order valence-electron chi connectivity index (χ0n) is 12.4. The third kappa shape index (κ3) is 4.81. The monoisotopic (exact) mass is 375 g/mol. The fourth-order valence-corrected chi connectivity index (χ4v) is 3.11. The number of hydrogen-bond donors (Lipinski definition) is 0. The molecular weight excluding hydrogens is 363 g/mol. The van der Waals surface area contributed by atoms with Crippen LogP contribution in [0.15, 0.2) is 52.5 Å². The molecule has 4 nitrogen and oxygen atoms in total. The number of carbonyl (C=O) groups is 1. The number of Topliss-reactive ketones (excluding diaryl/α,β-unsaturated/α-hetero) is 1. The van der Waals surface area contributed by atoms with Crippen LogP contribution in [0.2, 0.25) is 0 Å². The smallest absolute Gasteiger partial charge is 0.293 e. The Bertz CT molecular complexity index is 830. The molecule has 0 spiro atoms. The molecule has 0 saturated carbocycles. The molecule has 128 valence electrons. The fraction of sp³-hybridized carbons (Fsp3) is 0.200. The van der Waals surface area contributed by atoms with Crippen molar-refractivity contribution in [1.29, 1.82) is 0 Å². The van der Waals surface area contributed by atoms with Gasteiger partial charge in [-0.2, -0.15) is 13.2 Å². The summed E-state index contributed by atoms with van der Waals surface area (Å²) in [6.07, 6.45) is -2.67. The fourth-order valence-electron chi connectivity index (χ4n) is 1.74. The molecule has 1 aromatic carbocycles. The van der Waals surface area contributed by atoms with E-state index in [2.05, 4.69) is 4.98 Å². The van der Waals surface area contributed by atoms with Crippen molar-refractivity contribution in [3.63, 3.8) is 0 Å². The number of carbonyl (C=O) groups excluding carboxylic acids is 1. The SMILES string of the molecule is CS(=O)(=O)c1ccc(C(=O)CSc2ccc(C(F)(F)F)cn2)cc1. The van der Waals surface area contributed by atoms with Crippen LogP contribution < -0.4 is 0 Å². The van der Waals surface area contributed by atoms with E-state index < -0.39 is 21.6 Å². The van der Waals surface area contributed by atoms with Crippen molar-refractivity contribution in [2.24, 2.45) is 0 Å². The lowest BCUT2D eigenvalue weighted by Crippen LogP contribution is -2.06. The Kier molecular flexibility index (Phi) is 5.34. The number of thioether (sulfide) groups is 1. The lowest BCUT2D eigenvalue weighted by atomic mass is 10.1. The summed E-state index contributed by atoms with van der Waals surface area (Å²) in [7, 11) is -3.34. The molecule has 0 unspecified atom stereocenters. The van der Waals surface area contributed by atoms with Gasteiger partial charge in [-0.15, -0.1) is 0 Å². The first kappa shape index (κ1) is 18.5.